The molecule has 0 amide bonds. The van der Waals surface area contributed by atoms with Crippen molar-refractivity contribution in [2.45, 2.75) is 172 Å². The molecule has 6 fully saturated rings. The van der Waals surface area contributed by atoms with Gasteiger partial charge in [-0.3, -0.25) is 9.59 Å². The number of carbonyl (C=O) groups excluding carboxylic acids is 2. The largest absolute Gasteiger partial charge is 1.00 e. The molecule has 574 valence electrons. The fourth-order valence-corrected chi connectivity index (χ4v) is 17.2. The van der Waals surface area contributed by atoms with Gasteiger partial charge in [0.2, 0.25) is 0 Å². The molecule has 0 aromatic heterocycles. The van der Waals surface area contributed by atoms with Crippen molar-refractivity contribution in [2.75, 3.05) is 78.5 Å². The number of hydrogen-bond donors (Lipinski definition) is 0. The number of benzene rings is 8. The maximum Gasteiger partial charge on any atom is 0.454 e. The second-order valence-corrected chi connectivity index (χ2v) is 30.5. The van der Waals surface area contributed by atoms with Gasteiger partial charge >= 0.3 is 18.5 Å². The van der Waals surface area contributed by atoms with Crippen LogP contribution in [-0.4, -0.2) is 128 Å². The number of alkyl halides is 9. The van der Waals surface area contributed by atoms with Crippen LogP contribution in [0.25, 0.3) is 0 Å². The summed E-state index contributed by atoms with van der Waals surface area (Å²) < 4.78 is 131. The van der Waals surface area contributed by atoms with Gasteiger partial charge in [0.15, 0.2) is 0 Å². The molecule has 106 heavy (non-hydrogen) atoms. The first-order valence-corrected chi connectivity index (χ1v) is 37.0. The van der Waals surface area contributed by atoms with Gasteiger partial charge < -0.3 is 66.9 Å². The number of piperidine rings is 6. The Balaban J connectivity index is 0.000000233. The number of halogens is 11. The summed E-state index contributed by atoms with van der Waals surface area (Å²) in [5.41, 5.74) is 0.982. The summed E-state index contributed by atoms with van der Waals surface area (Å²) in [4.78, 5) is 21.6. The summed E-state index contributed by atoms with van der Waals surface area (Å²) in [6, 6.07) is 63.8. The van der Waals surface area contributed by atoms with E-state index >= 15 is 26.3 Å². The van der Waals surface area contributed by atoms with E-state index in [-0.39, 0.29) is 111 Å². The van der Waals surface area contributed by atoms with Crippen LogP contribution in [0, 0.1) is 13.8 Å². The SMILES string of the molecule is C.Cc1ccc(C(c2ccccc2)(c2ccc(C3(C)CC[N+]4(CCCCC4)CC3)cc2)C(F)(F)F)cc1.Cc1ccc(C(c2ccccc2)(c2ccc(C3(C)CC[N+]4(CCCCC4)CC3)cc2)C(F)(F)F)cc1.O.O=C(c1ccccc1)C(F)(F)F.O=C1CC[N+]2(CCCCC2)CC1.[I-].[I-].c1ccccc1. The van der Waals surface area contributed by atoms with E-state index in [1.807, 2.05) is 74.5 Å². The number of hydrogen-bond acceptors (Lipinski definition) is 2. The van der Waals surface area contributed by atoms with Gasteiger partial charge in [-0.1, -0.05) is 257 Å². The summed E-state index contributed by atoms with van der Waals surface area (Å²) in [5.74, 6) is -1.31. The van der Waals surface area contributed by atoms with E-state index in [0.717, 1.165) is 86.0 Å². The van der Waals surface area contributed by atoms with E-state index < -0.39 is 35.1 Å². The maximum atomic E-state index is 15.3. The number of nitrogens with zero attached hydrogens (tertiary/aromatic N) is 3. The third-order valence-electron chi connectivity index (χ3n) is 23.8. The molecule has 0 saturated carbocycles. The Bertz CT molecular complexity index is 3670. The standard InChI is InChI=1S/2C32H37F3N.C10H18NO.C8H5F3O.C6H6.CH4.2HI.H2O/c2*1-25-11-13-28(14-12-25)31(32(33,34)35,27-9-5-3-6-10-27)29-17-15-26(16-18-29)30(2)19-23-36(24-20-30)21-7-4-8-22-36;12-10-4-8-11(9-5-10)6-2-1-3-7-11;9-8(10,11)7(12)6-4-2-1-3-5-6;1-2-4-6-5-3-1;;;;/h2*3,5-6,9-18H,4,7-8,19-24H2,1-2H3;1-9H2;1-5H;1-6H;1H4;2*1H;1H2/q3*+1;;;;;;/p-2. The molecule has 8 aromatic rings. The topological polar surface area (TPSA) is 65.6 Å². The lowest BCUT2D eigenvalue weighted by Gasteiger charge is -2.49. The monoisotopic (exact) mass is 1690 g/mol. The van der Waals surface area contributed by atoms with Crippen LogP contribution in [0.4, 0.5) is 39.5 Å². The van der Waals surface area contributed by atoms with Gasteiger partial charge in [-0.2, -0.15) is 39.5 Å². The van der Waals surface area contributed by atoms with Gasteiger partial charge in [-0.05, 0) is 116 Å². The third kappa shape index (κ3) is 20.8. The number of Topliss-reactive ketones (excluding diaryl/α,β-unsaturated/α-hetero) is 2. The van der Waals surface area contributed by atoms with Gasteiger partial charge in [-0.15, -0.1) is 0 Å². The summed E-state index contributed by atoms with van der Waals surface area (Å²) >= 11 is 0. The molecule has 0 radical (unpaired) electrons. The van der Waals surface area contributed by atoms with Crippen molar-refractivity contribution in [1.29, 1.82) is 0 Å². The molecule has 2 N–H and O–H groups in total. The van der Waals surface area contributed by atoms with E-state index in [9.17, 15) is 22.8 Å². The predicted octanol–water partition coefficient (Wildman–Crippen LogP) is 15.2. The quantitative estimate of drug-likeness (QED) is 0.0475. The maximum absolute atomic E-state index is 15.3. The average Bonchev–Trinajstić information content (AvgIpc) is 0.728. The van der Waals surface area contributed by atoms with Crippen LogP contribution in [0.2, 0.25) is 0 Å². The van der Waals surface area contributed by atoms with E-state index in [2.05, 4.69) is 13.8 Å². The smallest absolute Gasteiger partial charge is 0.454 e. The Kier molecular flexibility index (Phi) is 32.1. The molecule has 17 heteroatoms. The van der Waals surface area contributed by atoms with Gasteiger partial charge in [0, 0.05) is 42.1 Å². The predicted molar refractivity (Wildman–Crippen MR) is 402 cm³/mol. The molecular formula is C89H109F9I2N3O3+. The zero-order valence-electron chi connectivity index (χ0n) is 61.3. The molecule has 6 aliphatic heterocycles. The second-order valence-electron chi connectivity index (χ2n) is 30.5. The van der Waals surface area contributed by atoms with Crippen LogP contribution in [0.5, 0.6) is 0 Å². The average molecular weight is 1690 g/mol. The Morgan fingerprint density at radius 3 is 0.830 bits per heavy atom. The van der Waals surface area contributed by atoms with Gasteiger partial charge in [-0.25, -0.2) is 0 Å². The van der Waals surface area contributed by atoms with E-state index in [0.29, 0.717) is 5.78 Å². The summed E-state index contributed by atoms with van der Waals surface area (Å²) in [7, 11) is 0. The highest BCUT2D eigenvalue weighted by Gasteiger charge is 2.60. The van der Waals surface area contributed by atoms with Gasteiger partial charge in [0.25, 0.3) is 5.78 Å². The van der Waals surface area contributed by atoms with Crippen molar-refractivity contribution in [2.24, 2.45) is 0 Å². The molecule has 6 saturated heterocycles. The van der Waals surface area contributed by atoms with Crippen molar-refractivity contribution in [3.63, 3.8) is 0 Å². The van der Waals surface area contributed by atoms with Crippen LogP contribution >= 0.6 is 0 Å². The Morgan fingerprint density at radius 1 is 0.330 bits per heavy atom. The van der Waals surface area contributed by atoms with Crippen molar-refractivity contribution < 1.29 is 116 Å². The Hall–Kier alpha value is -6.23. The molecule has 2 unspecified atom stereocenters. The minimum absolute atomic E-state index is 0. The summed E-state index contributed by atoms with van der Waals surface area (Å²) in [5, 5.41) is 0. The molecule has 8 aromatic carbocycles. The lowest BCUT2D eigenvalue weighted by atomic mass is 9.67. The first-order valence-electron chi connectivity index (χ1n) is 37.0. The zero-order valence-corrected chi connectivity index (χ0v) is 65.6. The van der Waals surface area contributed by atoms with E-state index in [1.165, 1.54) is 149 Å². The fourth-order valence-electron chi connectivity index (χ4n) is 17.2. The van der Waals surface area contributed by atoms with Crippen LogP contribution in [0.15, 0.2) is 224 Å². The highest BCUT2D eigenvalue weighted by molar-refractivity contribution is 6.00. The minimum Gasteiger partial charge on any atom is -1.00 e. The van der Waals surface area contributed by atoms with Gasteiger partial charge in [0.05, 0.1) is 91.4 Å². The van der Waals surface area contributed by atoms with Gasteiger partial charge in [0.1, 0.15) is 16.6 Å². The molecule has 6 heterocycles. The van der Waals surface area contributed by atoms with Crippen molar-refractivity contribution in [1.82, 2.24) is 0 Å². The number of aryl methyl sites for hydroxylation is 2. The molecule has 14 rings (SSSR count). The normalized spacial score (nSPS) is 20.3. The molecule has 2 atom stereocenters. The number of carbonyl (C=O) groups is 2. The van der Waals surface area contributed by atoms with E-state index in [4.69, 9.17) is 0 Å². The van der Waals surface area contributed by atoms with Crippen LogP contribution in [0.3, 0.4) is 0 Å². The van der Waals surface area contributed by atoms with Crippen molar-refractivity contribution in [3.05, 3.63) is 286 Å². The molecule has 6 aliphatic rings. The highest BCUT2D eigenvalue weighted by atomic mass is 127. The molecule has 3 spiro atoms. The lowest BCUT2D eigenvalue weighted by molar-refractivity contribution is -0.938. The number of quaternary nitrogens is 3. The third-order valence-corrected chi connectivity index (χ3v) is 23.8. The molecule has 6 nitrogen and oxygen atoms in total. The fraction of sp³-hybridized carbons (Fsp3) is 0.438. The van der Waals surface area contributed by atoms with E-state index in [1.54, 1.807) is 140 Å². The minimum atomic E-state index is -4.78. The van der Waals surface area contributed by atoms with Crippen LogP contribution in [-0.2, 0) is 26.5 Å². The lowest BCUT2D eigenvalue weighted by Crippen LogP contribution is -3.00. The van der Waals surface area contributed by atoms with Crippen LogP contribution in [0.1, 0.15) is 184 Å². The second kappa shape index (κ2) is 38.4. The zero-order chi connectivity index (χ0) is 72.8. The summed E-state index contributed by atoms with van der Waals surface area (Å²) in [6.07, 6.45) is 4.43. The first-order chi connectivity index (χ1) is 48.7. The first kappa shape index (κ1) is 88.7. The summed E-state index contributed by atoms with van der Waals surface area (Å²) in [6.45, 7) is 23.2. The Labute approximate surface area is 658 Å². The van der Waals surface area contributed by atoms with Crippen molar-refractivity contribution >= 4 is 11.6 Å². The molecule has 0 aliphatic carbocycles. The molecular weight excluding hydrogens is 1580 g/mol. The van der Waals surface area contributed by atoms with Crippen LogP contribution < -0.4 is 48.0 Å². The number of ketones is 2. The van der Waals surface area contributed by atoms with Crippen molar-refractivity contribution in [3.8, 4) is 0 Å². The highest BCUT2D eigenvalue weighted by Crippen LogP contribution is 2.54. The Morgan fingerprint density at radius 2 is 0.566 bits per heavy atom. The molecule has 0 bridgehead atoms. The number of rotatable bonds is 9.